The maximum atomic E-state index is 12.9. The Morgan fingerprint density at radius 3 is 2.27 bits per heavy atom. The highest BCUT2D eigenvalue weighted by molar-refractivity contribution is 5.93. The SMILES string of the molecule is C=CCOc1ccc(N(CCC(=O)N[C@@H](CCCCN)C(=O)N[C@@H](CC=C)C(=O)OC)C(C)=O)cc1.Cl. The van der Waals surface area contributed by atoms with E-state index in [4.69, 9.17) is 15.2 Å². The topological polar surface area (TPSA) is 140 Å². The number of halogens is 1. The summed E-state index contributed by atoms with van der Waals surface area (Å²) < 4.78 is 10.2. The van der Waals surface area contributed by atoms with Gasteiger partial charge in [0.1, 0.15) is 24.4 Å². The number of nitrogens with two attached hydrogens (primary N) is 1. The molecule has 1 aromatic rings. The van der Waals surface area contributed by atoms with Gasteiger partial charge in [-0.2, -0.15) is 0 Å². The summed E-state index contributed by atoms with van der Waals surface area (Å²) in [5, 5.41) is 5.34. The number of nitrogens with one attached hydrogen (secondary N) is 2. The summed E-state index contributed by atoms with van der Waals surface area (Å²) in [5.41, 5.74) is 6.17. The van der Waals surface area contributed by atoms with Crippen LogP contribution in [0.2, 0.25) is 0 Å². The molecule has 0 aliphatic heterocycles. The molecule has 3 amide bonds. The summed E-state index contributed by atoms with van der Waals surface area (Å²) in [5.74, 6) is -1.11. The Morgan fingerprint density at radius 2 is 1.73 bits per heavy atom. The maximum absolute atomic E-state index is 12.9. The molecule has 1 rings (SSSR count). The number of carbonyl (C=O) groups is 4. The van der Waals surface area contributed by atoms with Crippen LogP contribution in [-0.4, -0.2) is 62.6 Å². The van der Waals surface area contributed by atoms with Gasteiger partial charge in [0, 0.05) is 25.6 Å². The fourth-order valence-electron chi connectivity index (χ4n) is 3.38. The molecule has 0 saturated carbocycles. The molecule has 206 valence electrons. The van der Waals surface area contributed by atoms with Gasteiger partial charge in [-0.25, -0.2) is 4.79 Å². The minimum atomic E-state index is -0.902. The molecular weight excluding hydrogens is 500 g/mol. The number of nitrogens with zero attached hydrogens (tertiary/aromatic N) is 1. The van der Waals surface area contributed by atoms with E-state index in [1.165, 1.54) is 25.0 Å². The summed E-state index contributed by atoms with van der Waals surface area (Å²) in [4.78, 5) is 51.2. The second kappa shape index (κ2) is 18.8. The van der Waals surface area contributed by atoms with Crippen LogP contribution in [0.25, 0.3) is 0 Å². The van der Waals surface area contributed by atoms with Crippen molar-refractivity contribution < 1.29 is 28.7 Å². The number of amides is 3. The van der Waals surface area contributed by atoms with E-state index in [-0.39, 0.29) is 37.7 Å². The second-order valence-corrected chi connectivity index (χ2v) is 8.03. The van der Waals surface area contributed by atoms with Gasteiger partial charge < -0.3 is 30.7 Å². The van der Waals surface area contributed by atoms with Crippen molar-refractivity contribution in [2.75, 3.05) is 31.7 Å². The van der Waals surface area contributed by atoms with Crippen LogP contribution in [-0.2, 0) is 23.9 Å². The maximum Gasteiger partial charge on any atom is 0.328 e. The van der Waals surface area contributed by atoms with Gasteiger partial charge in [-0.05, 0) is 56.5 Å². The third kappa shape index (κ3) is 12.4. The molecule has 0 saturated heterocycles. The zero-order valence-electron chi connectivity index (χ0n) is 21.6. The van der Waals surface area contributed by atoms with E-state index in [2.05, 4.69) is 23.8 Å². The van der Waals surface area contributed by atoms with E-state index in [1.54, 1.807) is 30.3 Å². The Balaban J connectivity index is 0.0000130. The molecule has 2 atom stereocenters. The average molecular weight is 539 g/mol. The molecule has 0 unspecified atom stereocenters. The zero-order chi connectivity index (χ0) is 26.9. The molecule has 0 aromatic heterocycles. The van der Waals surface area contributed by atoms with Crippen molar-refractivity contribution in [2.45, 2.75) is 51.1 Å². The van der Waals surface area contributed by atoms with Crippen molar-refractivity contribution in [2.24, 2.45) is 5.73 Å². The molecule has 37 heavy (non-hydrogen) atoms. The summed E-state index contributed by atoms with van der Waals surface area (Å²) in [6, 6.07) is 5.15. The lowest BCUT2D eigenvalue weighted by Gasteiger charge is -2.24. The molecule has 0 bridgehead atoms. The number of methoxy groups -OCH3 is 1. The van der Waals surface area contributed by atoms with Crippen molar-refractivity contribution in [3.63, 3.8) is 0 Å². The standard InChI is InChI=1S/C26H38N4O6.ClH/c1-5-9-23(26(34)35-4)29-25(33)22(10-7-8-16-27)28-24(32)15-17-30(19(3)31)20-11-13-21(14-12-20)36-18-6-2;/h5-6,11-14,22-23H,1-2,7-10,15-18,27H2,3-4H3,(H,28,32)(H,29,33);1H/t22-,23-;/m0./s1. The quantitative estimate of drug-likeness (QED) is 0.157. The smallest absolute Gasteiger partial charge is 0.328 e. The fraction of sp³-hybridized carbons (Fsp3) is 0.462. The first-order valence-corrected chi connectivity index (χ1v) is 11.9. The van der Waals surface area contributed by atoms with Gasteiger partial charge in [-0.3, -0.25) is 14.4 Å². The average Bonchev–Trinajstić information content (AvgIpc) is 2.86. The van der Waals surface area contributed by atoms with E-state index in [0.717, 1.165) is 0 Å². The molecule has 0 heterocycles. The van der Waals surface area contributed by atoms with Gasteiger partial charge in [0.25, 0.3) is 0 Å². The highest BCUT2D eigenvalue weighted by Crippen LogP contribution is 2.20. The fourth-order valence-corrected chi connectivity index (χ4v) is 3.38. The van der Waals surface area contributed by atoms with Gasteiger partial charge >= 0.3 is 5.97 Å². The minimum Gasteiger partial charge on any atom is -0.490 e. The molecule has 4 N–H and O–H groups in total. The number of hydrogen-bond donors (Lipinski definition) is 3. The van der Waals surface area contributed by atoms with Crippen LogP contribution < -0.4 is 26.0 Å². The molecule has 0 radical (unpaired) electrons. The second-order valence-electron chi connectivity index (χ2n) is 8.03. The molecular formula is C26H39ClN4O6. The normalized spacial score (nSPS) is 11.6. The number of rotatable bonds is 17. The number of carbonyl (C=O) groups excluding carboxylic acids is 4. The Bertz CT molecular complexity index is 894. The van der Waals surface area contributed by atoms with Crippen molar-refractivity contribution in [1.29, 1.82) is 0 Å². The number of hydrogen-bond acceptors (Lipinski definition) is 7. The van der Waals surface area contributed by atoms with E-state index in [0.29, 0.717) is 43.9 Å². The molecule has 0 aliphatic carbocycles. The first-order valence-electron chi connectivity index (χ1n) is 11.9. The predicted molar refractivity (Wildman–Crippen MR) is 146 cm³/mol. The summed E-state index contributed by atoms with van der Waals surface area (Å²) >= 11 is 0. The third-order valence-corrected chi connectivity index (χ3v) is 5.26. The van der Waals surface area contributed by atoms with Crippen LogP contribution in [0.4, 0.5) is 5.69 Å². The van der Waals surface area contributed by atoms with E-state index >= 15 is 0 Å². The van der Waals surface area contributed by atoms with Crippen LogP contribution >= 0.6 is 12.4 Å². The summed E-state index contributed by atoms with van der Waals surface area (Å²) in [6.45, 7) is 9.54. The predicted octanol–water partition coefficient (Wildman–Crippen LogP) is 2.26. The van der Waals surface area contributed by atoms with Crippen LogP contribution in [0.1, 0.15) is 39.0 Å². The van der Waals surface area contributed by atoms with Crippen LogP contribution in [0, 0.1) is 0 Å². The van der Waals surface area contributed by atoms with Gasteiger partial charge in [0.2, 0.25) is 17.7 Å². The van der Waals surface area contributed by atoms with Gasteiger partial charge in [0.15, 0.2) is 0 Å². The highest BCUT2D eigenvalue weighted by atomic mass is 35.5. The molecule has 0 spiro atoms. The number of esters is 1. The zero-order valence-corrected chi connectivity index (χ0v) is 22.4. The first kappa shape index (κ1) is 33.6. The highest BCUT2D eigenvalue weighted by Gasteiger charge is 2.26. The molecule has 1 aromatic carbocycles. The van der Waals surface area contributed by atoms with E-state index in [9.17, 15) is 19.2 Å². The lowest BCUT2D eigenvalue weighted by atomic mass is 10.1. The molecule has 0 fully saturated rings. The summed E-state index contributed by atoms with van der Waals surface area (Å²) in [6.07, 6.45) is 4.93. The van der Waals surface area contributed by atoms with Crippen molar-refractivity contribution in [1.82, 2.24) is 10.6 Å². The molecule has 10 nitrogen and oxygen atoms in total. The third-order valence-electron chi connectivity index (χ3n) is 5.26. The minimum absolute atomic E-state index is 0. The summed E-state index contributed by atoms with van der Waals surface area (Å²) in [7, 11) is 1.23. The monoisotopic (exact) mass is 538 g/mol. The molecule has 0 aliphatic rings. The largest absolute Gasteiger partial charge is 0.490 e. The number of unbranched alkanes of at least 4 members (excludes halogenated alkanes) is 1. The van der Waals surface area contributed by atoms with Crippen LogP contribution in [0.15, 0.2) is 49.6 Å². The number of anilines is 1. The van der Waals surface area contributed by atoms with Crippen LogP contribution in [0.5, 0.6) is 5.75 Å². The van der Waals surface area contributed by atoms with Crippen molar-refractivity contribution in [3.8, 4) is 5.75 Å². The van der Waals surface area contributed by atoms with Gasteiger partial charge in [-0.1, -0.05) is 18.7 Å². The Morgan fingerprint density at radius 1 is 1.05 bits per heavy atom. The Hall–Kier alpha value is -3.37. The van der Waals surface area contributed by atoms with Crippen molar-refractivity contribution >= 4 is 41.8 Å². The Labute approximate surface area is 225 Å². The van der Waals surface area contributed by atoms with Gasteiger partial charge in [0.05, 0.1) is 7.11 Å². The van der Waals surface area contributed by atoms with E-state index in [1.807, 2.05) is 0 Å². The number of ether oxygens (including phenoxy) is 2. The lowest BCUT2D eigenvalue weighted by molar-refractivity contribution is -0.145. The van der Waals surface area contributed by atoms with Crippen molar-refractivity contribution in [3.05, 3.63) is 49.6 Å². The van der Waals surface area contributed by atoms with Gasteiger partial charge in [-0.15, -0.1) is 19.0 Å². The van der Waals surface area contributed by atoms with E-state index < -0.39 is 29.9 Å². The number of benzene rings is 1. The van der Waals surface area contributed by atoms with Crippen LogP contribution in [0.3, 0.4) is 0 Å². The first-order chi connectivity index (χ1) is 17.3. The Kier molecular flexibility index (Phi) is 17.1. The molecule has 11 heteroatoms. The lowest BCUT2D eigenvalue weighted by Crippen LogP contribution is -2.52.